The Kier molecular flexibility index (Phi) is 2.66. The highest BCUT2D eigenvalue weighted by molar-refractivity contribution is 7.90. The van der Waals surface area contributed by atoms with Crippen molar-refractivity contribution in [3.05, 3.63) is 36.4 Å². The van der Waals surface area contributed by atoms with Crippen molar-refractivity contribution in [3.8, 4) is 0 Å². The molecule has 1 aromatic carbocycles. The second-order valence-corrected chi connectivity index (χ2v) is 4.14. The van der Waals surface area contributed by atoms with Gasteiger partial charge in [0.25, 0.3) is 10.0 Å². The maximum absolute atomic E-state index is 11.3. The standard InChI is InChI=1S/C9H9NO2S/c1-3-10-13(11,12)9-6-4-8(2)5-7-9/h4-7H,1H2,2H3. The molecule has 0 aliphatic rings. The van der Waals surface area contributed by atoms with E-state index in [1.807, 2.05) is 12.8 Å². The number of benzene rings is 1. The van der Waals surface area contributed by atoms with E-state index < -0.39 is 10.0 Å². The molecular formula is C9H9NO2S. The Morgan fingerprint density at radius 3 is 2.31 bits per heavy atom. The largest absolute Gasteiger partial charge is 0.289 e. The Bertz CT molecular complexity index is 439. The van der Waals surface area contributed by atoms with Gasteiger partial charge in [-0.25, -0.2) is 0 Å². The van der Waals surface area contributed by atoms with Gasteiger partial charge in [-0.3, -0.25) is 0 Å². The summed E-state index contributed by atoms with van der Waals surface area (Å²) in [7, 11) is -3.58. The predicted molar refractivity (Wildman–Crippen MR) is 51.4 cm³/mol. The Labute approximate surface area is 77.5 Å². The zero-order chi connectivity index (χ0) is 9.90. The first-order valence-electron chi connectivity index (χ1n) is 3.62. The van der Waals surface area contributed by atoms with Crippen molar-refractivity contribution in [1.82, 2.24) is 0 Å². The van der Waals surface area contributed by atoms with Gasteiger partial charge in [0, 0.05) is 0 Å². The van der Waals surface area contributed by atoms with Crippen LogP contribution in [0, 0.1) is 6.92 Å². The second kappa shape index (κ2) is 3.56. The molecule has 0 heterocycles. The molecule has 0 saturated heterocycles. The van der Waals surface area contributed by atoms with Gasteiger partial charge in [-0.2, -0.15) is 8.42 Å². The van der Waals surface area contributed by atoms with Crippen molar-refractivity contribution < 1.29 is 8.42 Å². The minimum Gasteiger partial charge on any atom is -0.199 e. The first kappa shape index (κ1) is 9.71. The van der Waals surface area contributed by atoms with Crippen LogP contribution in [0.2, 0.25) is 0 Å². The van der Waals surface area contributed by atoms with E-state index in [4.69, 9.17) is 0 Å². The molecule has 0 saturated carbocycles. The van der Waals surface area contributed by atoms with Crippen LogP contribution in [0.5, 0.6) is 0 Å². The number of hydrogen-bond acceptors (Lipinski definition) is 2. The van der Waals surface area contributed by atoms with Crippen molar-refractivity contribution in [2.45, 2.75) is 11.8 Å². The highest BCUT2D eigenvalue weighted by Gasteiger charge is 2.09. The summed E-state index contributed by atoms with van der Waals surface area (Å²) in [6.45, 7) is 5.00. The number of nitrogens with zero attached hydrogens (tertiary/aromatic N) is 1. The lowest BCUT2D eigenvalue weighted by atomic mass is 10.2. The van der Waals surface area contributed by atoms with Gasteiger partial charge in [0.05, 0.1) is 4.90 Å². The van der Waals surface area contributed by atoms with Gasteiger partial charge in [-0.15, -0.1) is 4.40 Å². The molecule has 0 aliphatic carbocycles. The normalized spacial score (nSPS) is 10.5. The lowest BCUT2D eigenvalue weighted by Gasteiger charge is -1.96. The summed E-state index contributed by atoms with van der Waals surface area (Å²) in [5.74, 6) is 2.01. The van der Waals surface area contributed by atoms with Crippen LogP contribution in [-0.4, -0.2) is 14.3 Å². The average Bonchev–Trinajstić information content (AvgIpc) is 2.05. The predicted octanol–water partition coefficient (Wildman–Crippen LogP) is 1.54. The highest BCUT2D eigenvalue weighted by Crippen LogP contribution is 2.11. The summed E-state index contributed by atoms with van der Waals surface area (Å²) in [5.41, 5.74) is 1.00. The van der Waals surface area contributed by atoms with Crippen LogP contribution in [0.25, 0.3) is 0 Å². The monoisotopic (exact) mass is 195 g/mol. The first-order valence-corrected chi connectivity index (χ1v) is 5.06. The molecule has 0 bridgehead atoms. The molecule has 13 heavy (non-hydrogen) atoms. The molecule has 0 amide bonds. The zero-order valence-electron chi connectivity index (χ0n) is 7.19. The summed E-state index contributed by atoms with van der Waals surface area (Å²) >= 11 is 0. The SMILES string of the molecule is C=C=NS(=O)(=O)c1ccc(C)cc1. The Morgan fingerprint density at radius 1 is 1.31 bits per heavy atom. The molecular weight excluding hydrogens is 186 g/mol. The fourth-order valence-electron chi connectivity index (χ4n) is 0.848. The van der Waals surface area contributed by atoms with E-state index in [1.54, 1.807) is 12.1 Å². The lowest BCUT2D eigenvalue weighted by Crippen LogP contribution is -1.95. The van der Waals surface area contributed by atoms with Crippen molar-refractivity contribution in [2.24, 2.45) is 4.40 Å². The molecule has 0 N–H and O–H groups in total. The lowest BCUT2D eigenvalue weighted by molar-refractivity contribution is 0.598. The quantitative estimate of drug-likeness (QED) is 0.672. The minimum absolute atomic E-state index is 0.161. The van der Waals surface area contributed by atoms with Crippen molar-refractivity contribution in [1.29, 1.82) is 0 Å². The van der Waals surface area contributed by atoms with Gasteiger partial charge in [0.2, 0.25) is 0 Å². The van der Waals surface area contributed by atoms with Crippen LogP contribution in [0.4, 0.5) is 0 Å². The molecule has 0 aromatic heterocycles. The smallest absolute Gasteiger partial charge is 0.199 e. The summed E-state index contributed by atoms with van der Waals surface area (Å²) in [5, 5.41) is 0. The van der Waals surface area contributed by atoms with E-state index in [2.05, 4.69) is 11.0 Å². The van der Waals surface area contributed by atoms with Crippen molar-refractivity contribution >= 4 is 15.9 Å². The van der Waals surface area contributed by atoms with Crippen LogP contribution < -0.4 is 0 Å². The van der Waals surface area contributed by atoms with E-state index >= 15 is 0 Å². The van der Waals surface area contributed by atoms with E-state index in [0.29, 0.717) is 0 Å². The average molecular weight is 195 g/mol. The van der Waals surface area contributed by atoms with E-state index in [9.17, 15) is 8.42 Å². The molecule has 1 rings (SSSR count). The summed E-state index contributed by atoms with van der Waals surface area (Å²) < 4.78 is 25.7. The number of rotatable bonds is 2. The van der Waals surface area contributed by atoms with Crippen LogP contribution in [0.1, 0.15) is 5.56 Å². The topological polar surface area (TPSA) is 46.5 Å². The first-order chi connectivity index (χ1) is 6.06. The van der Waals surface area contributed by atoms with Gasteiger partial charge in [0.1, 0.15) is 0 Å². The summed E-state index contributed by atoms with van der Waals surface area (Å²) in [6, 6.07) is 6.44. The molecule has 0 radical (unpaired) electrons. The van der Waals surface area contributed by atoms with E-state index in [0.717, 1.165) is 5.56 Å². The van der Waals surface area contributed by atoms with E-state index in [-0.39, 0.29) is 4.90 Å². The third-order valence-corrected chi connectivity index (χ3v) is 2.74. The highest BCUT2D eigenvalue weighted by atomic mass is 32.2. The maximum atomic E-state index is 11.3. The van der Waals surface area contributed by atoms with E-state index in [1.165, 1.54) is 12.1 Å². The third-order valence-electron chi connectivity index (χ3n) is 1.50. The molecule has 0 spiro atoms. The Morgan fingerprint density at radius 2 is 1.85 bits per heavy atom. The van der Waals surface area contributed by atoms with Gasteiger partial charge < -0.3 is 0 Å². The fraction of sp³-hybridized carbons (Fsp3) is 0.111. The number of hydrogen-bond donors (Lipinski definition) is 0. The molecule has 0 aliphatic heterocycles. The molecule has 68 valence electrons. The van der Waals surface area contributed by atoms with Crippen LogP contribution in [-0.2, 0) is 10.0 Å². The Hall–Kier alpha value is -1.38. The van der Waals surface area contributed by atoms with Gasteiger partial charge in [-0.05, 0) is 31.5 Å². The molecule has 3 nitrogen and oxygen atoms in total. The van der Waals surface area contributed by atoms with Gasteiger partial charge >= 0.3 is 0 Å². The zero-order valence-corrected chi connectivity index (χ0v) is 8.00. The summed E-state index contributed by atoms with van der Waals surface area (Å²) in [6.07, 6.45) is 0. The number of sulfonamides is 1. The molecule has 1 aromatic rings. The van der Waals surface area contributed by atoms with Gasteiger partial charge in [0.15, 0.2) is 0 Å². The maximum Gasteiger partial charge on any atom is 0.289 e. The molecule has 0 unspecified atom stereocenters. The fourth-order valence-corrected chi connectivity index (χ4v) is 1.60. The molecule has 4 heteroatoms. The van der Waals surface area contributed by atoms with Crippen LogP contribution in [0.15, 0.2) is 40.1 Å². The molecule has 0 atom stereocenters. The summed E-state index contributed by atoms with van der Waals surface area (Å²) in [4.78, 5) is 0.161. The van der Waals surface area contributed by atoms with Gasteiger partial charge in [-0.1, -0.05) is 17.7 Å². The van der Waals surface area contributed by atoms with Crippen molar-refractivity contribution in [2.75, 3.05) is 0 Å². The molecule has 0 fully saturated rings. The second-order valence-electron chi connectivity index (χ2n) is 2.54. The van der Waals surface area contributed by atoms with Crippen LogP contribution in [0.3, 0.4) is 0 Å². The minimum atomic E-state index is -3.58. The van der Waals surface area contributed by atoms with Crippen LogP contribution >= 0.6 is 0 Å². The third kappa shape index (κ3) is 2.28. The van der Waals surface area contributed by atoms with Crippen molar-refractivity contribution in [3.63, 3.8) is 0 Å². The number of aryl methyl sites for hydroxylation is 1. The Balaban J connectivity index is 3.24.